The van der Waals surface area contributed by atoms with Crippen LogP contribution in [0.4, 0.5) is 0 Å². The molecule has 0 spiro atoms. The molecule has 0 unspecified atom stereocenters. The van der Waals surface area contributed by atoms with E-state index in [0.29, 0.717) is 12.8 Å². The fourth-order valence-corrected chi connectivity index (χ4v) is 3.38. The number of aliphatic carboxylic acids is 1. The molecule has 0 heterocycles. The maximum absolute atomic E-state index is 11.8. The Morgan fingerprint density at radius 3 is 2.29 bits per heavy atom. The van der Waals surface area contributed by atoms with Crippen LogP contribution in [-0.2, 0) is 27.7 Å². The van der Waals surface area contributed by atoms with Crippen molar-refractivity contribution in [3.8, 4) is 0 Å². The van der Waals surface area contributed by atoms with Crippen LogP contribution in [0, 0.1) is 0 Å². The van der Waals surface area contributed by atoms with Crippen LogP contribution in [0.3, 0.4) is 0 Å². The minimum Gasteiger partial charge on any atom is -0.480 e. The van der Waals surface area contributed by atoms with Crippen molar-refractivity contribution in [2.75, 3.05) is 6.54 Å². The molecule has 0 bridgehead atoms. The molecular weight excluding hydrogens is 242 g/mol. The Morgan fingerprint density at radius 2 is 1.82 bits per heavy atom. The van der Waals surface area contributed by atoms with Crippen LogP contribution in [0.1, 0.15) is 11.1 Å². The SMILES string of the molecule is O=C(O)CNS(=O)(=O)C1Cc2ccccc2C1. The van der Waals surface area contributed by atoms with E-state index in [0.717, 1.165) is 11.1 Å². The van der Waals surface area contributed by atoms with Gasteiger partial charge in [-0.05, 0) is 24.0 Å². The Bertz CT molecular complexity index is 513. The van der Waals surface area contributed by atoms with E-state index in [-0.39, 0.29) is 0 Å². The van der Waals surface area contributed by atoms with Gasteiger partial charge in [0.15, 0.2) is 0 Å². The largest absolute Gasteiger partial charge is 0.480 e. The van der Waals surface area contributed by atoms with Crippen molar-refractivity contribution in [2.24, 2.45) is 0 Å². The summed E-state index contributed by atoms with van der Waals surface area (Å²) < 4.78 is 25.8. The molecule has 0 aromatic heterocycles. The molecule has 0 aliphatic heterocycles. The number of sulfonamides is 1. The molecule has 92 valence electrons. The van der Waals surface area contributed by atoms with E-state index in [4.69, 9.17) is 5.11 Å². The highest BCUT2D eigenvalue weighted by Gasteiger charge is 2.31. The van der Waals surface area contributed by atoms with Gasteiger partial charge in [-0.1, -0.05) is 24.3 Å². The summed E-state index contributed by atoms with van der Waals surface area (Å²) in [6, 6.07) is 7.56. The van der Waals surface area contributed by atoms with Gasteiger partial charge in [-0.3, -0.25) is 4.79 Å². The summed E-state index contributed by atoms with van der Waals surface area (Å²) in [6.45, 7) is -0.560. The van der Waals surface area contributed by atoms with E-state index in [1.54, 1.807) is 0 Å². The Hall–Kier alpha value is -1.40. The highest BCUT2D eigenvalue weighted by atomic mass is 32.2. The van der Waals surface area contributed by atoms with Gasteiger partial charge in [0.2, 0.25) is 10.0 Å². The first-order chi connectivity index (χ1) is 7.99. The van der Waals surface area contributed by atoms with Crippen LogP contribution in [0.2, 0.25) is 0 Å². The van der Waals surface area contributed by atoms with Gasteiger partial charge in [-0.2, -0.15) is 0 Å². The predicted molar refractivity (Wildman–Crippen MR) is 62.2 cm³/mol. The second-order valence-electron chi connectivity index (χ2n) is 4.06. The van der Waals surface area contributed by atoms with Crippen LogP contribution in [0.5, 0.6) is 0 Å². The number of benzene rings is 1. The Kier molecular flexibility index (Phi) is 3.17. The molecule has 6 heteroatoms. The molecule has 0 amide bonds. The van der Waals surface area contributed by atoms with Gasteiger partial charge in [0, 0.05) is 0 Å². The van der Waals surface area contributed by atoms with Gasteiger partial charge in [0.05, 0.1) is 5.25 Å². The van der Waals surface area contributed by atoms with E-state index in [2.05, 4.69) is 4.72 Å². The van der Waals surface area contributed by atoms with Crippen LogP contribution in [-0.4, -0.2) is 31.3 Å². The standard InChI is InChI=1S/C11H13NO4S/c13-11(14)7-12-17(15,16)10-5-8-3-1-2-4-9(8)6-10/h1-4,10,12H,5-7H2,(H,13,14). The Morgan fingerprint density at radius 1 is 1.29 bits per heavy atom. The zero-order valence-corrected chi connectivity index (χ0v) is 9.90. The molecule has 5 nitrogen and oxygen atoms in total. The van der Waals surface area contributed by atoms with Crippen LogP contribution in [0.25, 0.3) is 0 Å². The molecule has 1 aliphatic rings. The number of hydrogen-bond acceptors (Lipinski definition) is 3. The van der Waals surface area contributed by atoms with Gasteiger partial charge in [0.1, 0.15) is 6.54 Å². The molecule has 0 saturated carbocycles. The van der Waals surface area contributed by atoms with Gasteiger partial charge >= 0.3 is 5.97 Å². The molecule has 2 N–H and O–H groups in total. The minimum atomic E-state index is -3.55. The number of nitrogens with one attached hydrogen (secondary N) is 1. The summed E-state index contributed by atoms with van der Waals surface area (Å²) in [7, 11) is -3.55. The van der Waals surface area contributed by atoms with E-state index in [1.165, 1.54) is 0 Å². The first kappa shape index (κ1) is 12.1. The van der Waals surface area contributed by atoms with Crippen LogP contribution in [0.15, 0.2) is 24.3 Å². The summed E-state index contributed by atoms with van der Waals surface area (Å²) >= 11 is 0. The van der Waals surface area contributed by atoms with Crippen molar-refractivity contribution >= 4 is 16.0 Å². The number of carboxylic acids is 1. The highest BCUT2D eigenvalue weighted by molar-refractivity contribution is 7.90. The fraction of sp³-hybridized carbons (Fsp3) is 0.364. The number of fused-ring (bicyclic) bond motifs is 1. The molecule has 0 atom stereocenters. The molecule has 17 heavy (non-hydrogen) atoms. The first-order valence-electron chi connectivity index (χ1n) is 5.26. The monoisotopic (exact) mass is 255 g/mol. The lowest BCUT2D eigenvalue weighted by molar-refractivity contribution is -0.135. The molecule has 0 fully saturated rings. The lowest BCUT2D eigenvalue weighted by Crippen LogP contribution is -2.37. The van der Waals surface area contributed by atoms with E-state index in [1.807, 2.05) is 24.3 Å². The van der Waals surface area contributed by atoms with E-state index >= 15 is 0 Å². The lowest BCUT2D eigenvalue weighted by atomic mass is 10.1. The van der Waals surface area contributed by atoms with Crippen molar-refractivity contribution in [1.82, 2.24) is 4.72 Å². The average molecular weight is 255 g/mol. The molecule has 0 radical (unpaired) electrons. The lowest BCUT2D eigenvalue weighted by Gasteiger charge is -2.10. The van der Waals surface area contributed by atoms with Crippen molar-refractivity contribution in [2.45, 2.75) is 18.1 Å². The second-order valence-corrected chi connectivity index (χ2v) is 6.10. The van der Waals surface area contributed by atoms with Crippen molar-refractivity contribution in [3.05, 3.63) is 35.4 Å². The summed E-state index contributed by atoms with van der Waals surface area (Å²) in [5.41, 5.74) is 2.05. The number of hydrogen-bond donors (Lipinski definition) is 2. The third-order valence-corrected chi connectivity index (χ3v) is 4.63. The second kappa shape index (κ2) is 4.46. The van der Waals surface area contributed by atoms with Crippen LogP contribution < -0.4 is 4.72 Å². The van der Waals surface area contributed by atoms with Crippen molar-refractivity contribution < 1.29 is 18.3 Å². The maximum Gasteiger partial charge on any atom is 0.318 e. The molecule has 0 saturated heterocycles. The molecule has 1 aromatic rings. The van der Waals surface area contributed by atoms with Crippen molar-refractivity contribution in [3.63, 3.8) is 0 Å². The van der Waals surface area contributed by atoms with Gasteiger partial charge in [-0.15, -0.1) is 0 Å². The van der Waals surface area contributed by atoms with Crippen molar-refractivity contribution in [1.29, 1.82) is 0 Å². The summed E-state index contributed by atoms with van der Waals surface area (Å²) in [4.78, 5) is 10.4. The zero-order valence-electron chi connectivity index (χ0n) is 9.09. The van der Waals surface area contributed by atoms with E-state index < -0.39 is 27.8 Å². The summed E-state index contributed by atoms with van der Waals surface area (Å²) in [6.07, 6.45) is 0.899. The van der Waals surface area contributed by atoms with Gasteiger partial charge < -0.3 is 5.11 Å². The Balaban J connectivity index is 2.09. The molecular formula is C11H13NO4S. The number of carbonyl (C=O) groups is 1. The molecule has 2 rings (SSSR count). The third kappa shape index (κ3) is 2.65. The smallest absolute Gasteiger partial charge is 0.318 e. The molecule has 1 aromatic carbocycles. The highest BCUT2D eigenvalue weighted by Crippen LogP contribution is 2.25. The predicted octanol–water partition coefficient (Wildman–Crippen LogP) is 0.158. The minimum absolute atomic E-state index is 0.450. The topological polar surface area (TPSA) is 83.5 Å². The van der Waals surface area contributed by atoms with Crippen LogP contribution >= 0.6 is 0 Å². The van der Waals surface area contributed by atoms with Gasteiger partial charge in [0.25, 0.3) is 0 Å². The maximum atomic E-state index is 11.8. The summed E-state index contributed by atoms with van der Waals surface area (Å²) in [5.74, 6) is -1.18. The quantitative estimate of drug-likeness (QED) is 0.802. The zero-order chi connectivity index (χ0) is 12.5. The number of carboxylic acid groups (broad SMARTS) is 1. The third-order valence-electron chi connectivity index (χ3n) is 2.88. The number of rotatable bonds is 4. The summed E-state index contributed by atoms with van der Waals surface area (Å²) in [5, 5.41) is 7.91. The molecule has 1 aliphatic carbocycles. The van der Waals surface area contributed by atoms with E-state index in [9.17, 15) is 13.2 Å². The Labute approximate surface area is 99.5 Å². The first-order valence-corrected chi connectivity index (χ1v) is 6.81. The average Bonchev–Trinajstić information content (AvgIpc) is 2.71. The van der Waals surface area contributed by atoms with Gasteiger partial charge in [-0.25, -0.2) is 13.1 Å². The fourth-order valence-electron chi connectivity index (χ4n) is 2.02. The normalized spacial score (nSPS) is 15.8.